The summed E-state index contributed by atoms with van der Waals surface area (Å²) >= 11 is 0. The highest BCUT2D eigenvalue weighted by molar-refractivity contribution is 6.58. The van der Waals surface area contributed by atoms with E-state index in [0.717, 1.165) is 0 Å². The van der Waals surface area contributed by atoms with E-state index in [4.69, 9.17) is 26.8 Å². The van der Waals surface area contributed by atoms with Crippen LogP contribution in [0.4, 0.5) is 10.5 Å². The number of aliphatic carboxylic acids is 1. The van der Waals surface area contributed by atoms with Crippen LogP contribution in [0, 0.1) is 5.92 Å². The van der Waals surface area contributed by atoms with Gasteiger partial charge in [0.05, 0.1) is 12.3 Å². The summed E-state index contributed by atoms with van der Waals surface area (Å²) in [4.78, 5) is 58.2. The fourth-order valence-electron chi connectivity index (χ4n) is 3.32. The Morgan fingerprint density at radius 2 is 1.76 bits per heavy atom. The maximum absolute atomic E-state index is 12.6. The van der Waals surface area contributed by atoms with E-state index in [1.54, 1.807) is 13.8 Å². The van der Waals surface area contributed by atoms with E-state index in [1.807, 2.05) is 0 Å². The number of aliphatic hydroxyl groups excluding tert-OH is 3. The van der Waals surface area contributed by atoms with Gasteiger partial charge in [-0.15, -0.1) is 0 Å². The highest BCUT2D eigenvalue weighted by Crippen LogP contribution is 2.31. The molecule has 2 rings (SSSR count). The lowest BCUT2D eigenvalue weighted by Gasteiger charge is -2.38. The van der Waals surface area contributed by atoms with Crippen LogP contribution in [0.25, 0.3) is 0 Å². The van der Waals surface area contributed by atoms with Gasteiger partial charge >= 0.3 is 12.1 Å². The minimum Gasteiger partial charge on any atom is -0.479 e. The number of carbonyl (C=O) groups is 5. The summed E-state index contributed by atoms with van der Waals surface area (Å²) in [6.45, 7) is 2.35. The van der Waals surface area contributed by atoms with Crippen molar-refractivity contribution in [3.05, 3.63) is 23.8 Å². The molecule has 7 N–H and O–H groups in total. The molecule has 41 heavy (non-hydrogen) atoms. The lowest BCUT2D eigenvalue weighted by atomic mass is 9.99. The van der Waals surface area contributed by atoms with Crippen molar-refractivity contribution in [1.82, 2.24) is 10.6 Å². The molecule has 3 amide bonds. The van der Waals surface area contributed by atoms with Gasteiger partial charge in [-0.3, -0.25) is 14.9 Å². The second-order valence-electron chi connectivity index (χ2n) is 9.14. The molecule has 5 atom stereocenters. The van der Waals surface area contributed by atoms with E-state index in [2.05, 4.69) is 16.0 Å². The highest BCUT2D eigenvalue weighted by Gasteiger charge is 2.48. The number of nitrogens with one attached hydrogen (secondary N) is 3. The number of carboxylic acids is 1. The Hall–Kier alpha value is -3.77. The molecule has 16 nitrogen and oxygen atoms in total. The average Bonchev–Trinajstić information content (AvgIpc) is 2.90. The number of aliphatic hydroxyl groups is 3. The molecule has 1 heterocycles. The summed E-state index contributed by atoms with van der Waals surface area (Å²) in [5.41, 5.74) is -0.396. The highest BCUT2D eigenvalue weighted by atomic mass is 16.7. The second kappa shape index (κ2) is 15.9. The normalized spacial score (nSPS) is 22.0. The van der Waals surface area contributed by atoms with Gasteiger partial charge in [0.15, 0.2) is 14.0 Å². The molecule has 0 unspecified atom stereocenters. The molecule has 224 valence electrons. The van der Waals surface area contributed by atoms with Gasteiger partial charge in [0, 0.05) is 18.9 Å². The van der Waals surface area contributed by atoms with Crippen LogP contribution in [0.5, 0.6) is 5.75 Å². The zero-order valence-corrected chi connectivity index (χ0v) is 22.3. The number of carbonyl (C=O) groups excluding carboxylic acids is 4. The maximum Gasteiger partial charge on any atom is 0.409 e. The third-order valence-corrected chi connectivity index (χ3v) is 5.48. The SMILES string of the molecule is [B]C(=O)COCNC(=O)OCc1ccc(O[C@@H]2O[C@H](C(=O)O)[C@@H](O)[C@H](O)[C@H]2O)c(NC(=O)CCNC(=O)C(C)C)c1. The van der Waals surface area contributed by atoms with E-state index in [9.17, 15) is 44.4 Å². The van der Waals surface area contributed by atoms with Gasteiger partial charge in [0.1, 0.15) is 43.1 Å². The molecule has 1 aromatic carbocycles. The zero-order valence-electron chi connectivity index (χ0n) is 22.3. The number of alkyl carbamates (subject to hydrolysis) is 1. The number of amides is 3. The van der Waals surface area contributed by atoms with Crippen LogP contribution in [0.2, 0.25) is 0 Å². The van der Waals surface area contributed by atoms with Gasteiger partial charge in [-0.25, -0.2) is 9.59 Å². The Kier molecular flexibility index (Phi) is 12.9. The lowest BCUT2D eigenvalue weighted by Crippen LogP contribution is -2.61. The largest absolute Gasteiger partial charge is 0.479 e. The number of rotatable bonds is 14. The van der Waals surface area contributed by atoms with Crippen LogP contribution in [0.15, 0.2) is 18.2 Å². The molecule has 1 aliphatic heterocycles. The number of hydrogen-bond donors (Lipinski definition) is 7. The molecule has 1 saturated heterocycles. The second-order valence-corrected chi connectivity index (χ2v) is 9.14. The fraction of sp³-hybridized carbons (Fsp3) is 0.542. The van der Waals surface area contributed by atoms with Gasteiger partial charge in [-0.1, -0.05) is 19.9 Å². The molecule has 0 aliphatic carbocycles. The van der Waals surface area contributed by atoms with Crippen molar-refractivity contribution in [3.63, 3.8) is 0 Å². The summed E-state index contributed by atoms with van der Waals surface area (Å²) < 4.78 is 20.5. The lowest BCUT2D eigenvalue weighted by molar-refractivity contribution is -0.271. The van der Waals surface area contributed by atoms with E-state index in [-0.39, 0.29) is 49.6 Å². The minimum atomic E-state index is -1.94. The summed E-state index contributed by atoms with van der Waals surface area (Å²) in [6, 6.07) is 4.07. The average molecular weight is 581 g/mol. The number of carboxylic acid groups (broad SMARTS) is 1. The molecule has 1 fully saturated rings. The van der Waals surface area contributed by atoms with Crippen LogP contribution in [0.3, 0.4) is 0 Å². The topological polar surface area (TPSA) is 239 Å². The minimum absolute atomic E-state index is 0.0141. The summed E-state index contributed by atoms with van der Waals surface area (Å²) in [5, 5.41) is 46.9. The Labute approximate surface area is 235 Å². The van der Waals surface area contributed by atoms with Crippen molar-refractivity contribution in [2.75, 3.05) is 25.2 Å². The molecular formula is C24H32BN3O13. The van der Waals surface area contributed by atoms with Gasteiger partial charge in [0.2, 0.25) is 18.1 Å². The first-order valence-corrected chi connectivity index (χ1v) is 12.4. The Morgan fingerprint density at radius 1 is 1.05 bits per heavy atom. The number of anilines is 1. The molecular weight excluding hydrogens is 549 g/mol. The van der Waals surface area contributed by atoms with Crippen LogP contribution < -0.4 is 20.7 Å². The molecule has 0 bridgehead atoms. The van der Waals surface area contributed by atoms with Crippen molar-refractivity contribution in [1.29, 1.82) is 0 Å². The van der Waals surface area contributed by atoms with Crippen LogP contribution in [-0.4, -0.2) is 108 Å². The summed E-state index contributed by atoms with van der Waals surface area (Å²) in [7, 11) is 4.92. The van der Waals surface area contributed by atoms with Gasteiger partial charge in [0.25, 0.3) is 0 Å². The number of hydrogen-bond acceptors (Lipinski definition) is 12. The first-order valence-electron chi connectivity index (χ1n) is 12.4. The smallest absolute Gasteiger partial charge is 0.409 e. The van der Waals surface area contributed by atoms with Crippen molar-refractivity contribution in [2.24, 2.45) is 5.92 Å². The zero-order chi connectivity index (χ0) is 30.7. The summed E-state index contributed by atoms with van der Waals surface area (Å²) in [5.74, 6) is -2.84. The van der Waals surface area contributed by atoms with Crippen molar-refractivity contribution >= 4 is 43.1 Å². The van der Waals surface area contributed by atoms with Crippen LogP contribution in [0.1, 0.15) is 25.8 Å². The number of benzene rings is 1. The quantitative estimate of drug-likeness (QED) is 0.0712. The summed E-state index contributed by atoms with van der Waals surface area (Å²) in [6.07, 6.45) is -10.4. The van der Waals surface area contributed by atoms with E-state index >= 15 is 0 Å². The maximum atomic E-state index is 12.6. The Bertz CT molecular complexity index is 1100. The standard InChI is InChI=1S/C24H32BN3O13/c1-11(2)21(34)26-6-5-16(30)28-13-7-12(8-39-24(37)27-10-38-9-15(25)29)3-4-14(13)40-23-19(33)17(31)18(32)20(41-23)22(35)36/h3-4,7,11,17-20,23,31-33H,5-6,8-10H2,1-2H3,(H,26,34)(H,27,37)(H,28,30)(H,35,36)/t17-,18-,19+,20-,23+/m0/s1. The molecule has 0 spiro atoms. The first kappa shape index (κ1) is 33.4. The van der Waals surface area contributed by atoms with Gasteiger partial charge in [-0.2, -0.15) is 0 Å². The molecule has 17 heteroatoms. The van der Waals surface area contributed by atoms with Crippen molar-refractivity contribution in [2.45, 2.75) is 57.6 Å². The molecule has 1 aromatic rings. The van der Waals surface area contributed by atoms with E-state index in [1.165, 1.54) is 18.2 Å². The van der Waals surface area contributed by atoms with Gasteiger partial charge < -0.3 is 54.8 Å². The van der Waals surface area contributed by atoms with E-state index < -0.39 is 61.0 Å². The molecule has 1 aliphatic rings. The number of ether oxygens (including phenoxy) is 4. The third kappa shape index (κ3) is 10.6. The van der Waals surface area contributed by atoms with Crippen LogP contribution >= 0.6 is 0 Å². The predicted octanol–water partition coefficient (Wildman–Crippen LogP) is -2.05. The Morgan fingerprint density at radius 3 is 2.39 bits per heavy atom. The van der Waals surface area contributed by atoms with Gasteiger partial charge in [-0.05, 0) is 17.7 Å². The molecule has 0 saturated carbocycles. The fourth-order valence-corrected chi connectivity index (χ4v) is 3.32. The first-order chi connectivity index (χ1) is 19.3. The van der Waals surface area contributed by atoms with Crippen LogP contribution in [-0.2, 0) is 40.0 Å². The third-order valence-electron chi connectivity index (χ3n) is 5.48. The van der Waals surface area contributed by atoms with Crippen molar-refractivity contribution in [3.8, 4) is 5.75 Å². The molecule has 0 aromatic heterocycles. The monoisotopic (exact) mass is 581 g/mol. The predicted molar refractivity (Wildman–Crippen MR) is 137 cm³/mol. The van der Waals surface area contributed by atoms with E-state index in [0.29, 0.717) is 5.56 Å². The Balaban J connectivity index is 2.15. The molecule has 2 radical (unpaired) electrons. The van der Waals surface area contributed by atoms with Crippen molar-refractivity contribution < 1.29 is 63.3 Å².